The van der Waals surface area contributed by atoms with Gasteiger partial charge in [-0.25, -0.2) is 0 Å². The van der Waals surface area contributed by atoms with Gasteiger partial charge >= 0.3 is 0 Å². The molecule has 0 fully saturated rings. The lowest BCUT2D eigenvalue weighted by Crippen LogP contribution is -2.25. The number of hydrogen-bond acceptors (Lipinski definition) is 3. The van der Waals surface area contributed by atoms with E-state index in [1.807, 2.05) is 23.9 Å². The lowest BCUT2D eigenvalue weighted by Gasteiger charge is -2.22. The summed E-state index contributed by atoms with van der Waals surface area (Å²) < 4.78 is 0. The van der Waals surface area contributed by atoms with Crippen molar-refractivity contribution in [3.8, 4) is 0 Å². The summed E-state index contributed by atoms with van der Waals surface area (Å²) in [5, 5.41) is 0. The van der Waals surface area contributed by atoms with Gasteiger partial charge in [0.15, 0.2) is 0 Å². The van der Waals surface area contributed by atoms with E-state index in [2.05, 4.69) is 30.9 Å². The first-order chi connectivity index (χ1) is 7.27. The average molecular weight is 224 g/mol. The summed E-state index contributed by atoms with van der Waals surface area (Å²) in [7, 11) is 0. The summed E-state index contributed by atoms with van der Waals surface area (Å²) in [6.45, 7) is 6.55. The van der Waals surface area contributed by atoms with Gasteiger partial charge < -0.3 is 10.6 Å². The highest BCUT2D eigenvalue weighted by Gasteiger charge is 2.02. The van der Waals surface area contributed by atoms with Gasteiger partial charge in [-0.05, 0) is 36.9 Å². The van der Waals surface area contributed by atoms with E-state index in [9.17, 15) is 0 Å². The van der Waals surface area contributed by atoms with E-state index in [4.69, 9.17) is 5.73 Å². The summed E-state index contributed by atoms with van der Waals surface area (Å²) in [6, 6.07) is 8.11. The van der Waals surface area contributed by atoms with Crippen molar-refractivity contribution in [2.24, 2.45) is 0 Å². The summed E-state index contributed by atoms with van der Waals surface area (Å²) in [5.41, 5.74) is 7.77. The molecule has 15 heavy (non-hydrogen) atoms. The zero-order chi connectivity index (χ0) is 11.1. The van der Waals surface area contributed by atoms with Crippen LogP contribution in [0.15, 0.2) is 24.3 Å². The summed E-state index contributed by atoms with van der Waals surface area (Å²) in [6.07, 6.45) is 0. The van der Waals surface area contributed by atoms with Crippen molar-refractivity contribution in [1.82, 2.24) is 0 Å². The van der Waals surface area contributed by atoms with Crippen molar-refractivity contribution in [2.75, 3.05) is 35.2 Å². The van der Waals surface area contributed by atoms with Gasteiger partial charge in [-0.1, -0.05) is 6.92 Å². The van der Waals surface area contributed by atoms with Crippen molar-refractivity contribution < 1.29 is 0 Å². The first-order valence-corrected chi connectivity index (χ1v) is 6.61. The SMILES string of the molecule is CCSCCN(CC)c1ccc(N)cc1. The highest BCUT2D eigenvalue weighted by molar-refractivity contribution is 7.99. The van der Waals surface area contributed by atoms with E-state index in [0.29, 0.717) is 0 Å². The number of anilines is 2. The van der Waals surface area contributed by atoms with Gasteiger partial charge in [-0.2, -0.15) is 11.8 Å². The molecule has 0 saturated heterocycles. The molecule has 0 aromatic heterocycles. The third kappa shape index (κ3) is 4.04. The van der Waals surface area contributed by atoms with Gasteiger partial charge in [0.1, 0.15) is 0 Å². The fourth-order valence-electron chi connectivity index (χ4n) is 1.47. The van der Waals surface area contributed by atoms with Gasteiger partial charge in [0.2, 0.25) is 0 Å². The number of nitrogen functional groups attached to an aromatic ring is 1. The van der Waals surface area contributed by atoms with Crippen molar-refractivity contribution in [3.63, 3.8) is 0 Å². The lowest BCUT2D eigenvalue weighted by atomic mass is 10.2. The molecule has 84 valence electrons. The molecule has 1 rings (SSSR count). The molecule has 3 heteroatoms. The maximum atomic E-state index is 5.67. The van der Waals surface area contributed by atoms with E-state index < -0.39 is 0 Å². The first-order valence-electron chi connectivity index (χ1n) is 5.46. The molecular formula is C12H20N2S. The highest BCUT2D eigenvalue weighted by Crippen LogP contribution is 2.16. The Kier molecular flexibility index (Phi) is 5.40. The van der Waals surface area contributed by atoms with Crippen LogP contribution in [0.4, 0.5) is 11.4 Å². The van der Waals surface area contributed by atoms with Crippen LogP contribution >= 0.6 is 11.8 Å². The number of nitrogens with zero attached hydrogens (tertiary/aromatic N) is 1. The van der Waals surface area contributed by atoms with Crippen molar-refractivity contribution in [2.45, 2.75) is 13.8 Å². The molecule has 1 aromatic carbocycles. The maximum Gasteiger partial charge on any atom is 0.0367 e. The molecule has 2 nitrogen and oxygen atoms in total. The molecule has 0 spiro atoms. The smallest absolute Gasteiger partial charge is 0.0367 e. The Morgan fingerprint density at radius 1 is 1.20 bits per heavy atom. The molecule has 0 bridgehead atoms. The van der Waals surface area contributed by atoms with Gasteiger partial charge in [-0.15, -0.1) is 0 Å². The van der Waals surface area contributed by atoms with Crippen LogP contribution in [0, 0.1) is 0 Å². The summed E-state index contributed by atoms with van der Waals surface area (Å²) in [5.74, 6) is 2.38. The molecule has 2 N–H and O–H groups in total. The Bertz CT molecular complexity index is 271. The average Bonchev–Trinajstić information content (AvgIpc) is 2.26. The fourth-order valence-corrected chi connectivity index (χ4v) is 2.11. The molecule has 0 saturated carbocycles. The Balaban J connectivity index is 2.53. The van der Waals surface area contributed by atoms with E-state index >= 15 is 0 Å². The maximum absolute atomic E-state index is 5.67. The number of rotatable bonds is 6. The molecule has 0 amide bonds. The molecule has 0 heterocycles. The van der Waals surface area contributed by atoms with Crippen LogP contribution in [0.3, 0.4) is 0 Å². The molecule has 0 aliphatic heterocycles. The highest BCUT2D eigenvalue weighted by atomic mass is 32.2. The van der Waals surface area contributed by atoms with Crippen molar-refractivity contribution in [1.29, 1.82) is 0 Å². The monoisotopic (exact) mass is 224 g/mol. The minimum atomic E-state index is 0.831. The quantitative estimate of drug-likeness (QED) is 0.595. The van der Waals surface area contributed by atoms with Gasteiger partial charge in [-0.3, -0.25) is 0 Å². The second kappa shape index (κ2) is 6.62. The summed E-state index contributed by atoms with van der Waals surface area (Å²) >= 11 is 1.98. The third-order valence-corrected chi connectivity index (χ3v) is 3.23. The van der Waals surface area contributed by atoms with Crippen LogP contribution in [0.1, 0.15) is 13.8 Å². The largest absolute Gasteiger partial charge is 0.399 e. The Hall–Kier alpha value is -0.830. The third-order valence-electron chi connectivity index (χ3n) is 2.35. The fraction of sp³-hybridized carbons (Fsp3) is 0.500. The normalized spacial score (nSPS) is 10.3. The van der Waals surface area contributed by atoms with E-state index in [-0.39, 0.29) is 0 Å². The van der Waals surface area contributed by atoms with E-state index in [1.165, 1.54) is 17.2 Å². The second-order valence-electron chi connectivity index (χ2n) is 3.37. The second-order valence-corrected chi connectivity index (χ2v) is 4.76. The van der Waals surface area contributed by atoms with Crippen molar-refractivity contribution >= 4 is 23.1 Å². The number of benzene rings is 1. The zero-order valence-corrected chi connectivity index (χ0v) is 10.4. The zero-order valence-electron chi connectivity index (χ0n) is 9.57. The molecule has 0 atom stereocenters. The van der Waals surface area contributed by atoms with Crippen LogP contribution < -0.4 is 10.6 Å². The Labute approximate surface area is 96.8 Å². The van der Waals surface area contributed by atoms with E-state index in [1.54, 1.807) is 0 Å². The first kappa shape index (κ1) is 12.2. The molecule has 0 radical (unpaired) electrons. The van der Waals surface area contributed by atoms with Crippen molar-refractivity contribution in [3.05, 3.63) is 24.3 Å². The van der Waals surface area contributed by atoms with E-state index in [0.717, 1.165) is 18.8 Å². The molecular weight excluding hydrogens is 204 g/mol. The Morgan fingerprint density at radius 3 is 2.40 bits per heavy atom. The summed E-state index contributed by atoms with van der Waals surface area (Å²) in [4.78, 5) is 2.38. The number of nitrogens with two attached hydrogens (primary N) is 1. The Morgan fingerprint density at radius 2 is 1.87 bits per heavy atom. The predicted octanol–water partition coefficient (Wildman–Crippen LogP) is 2.85. The van der Waals surface area contributed by atoms with Crippen LogP contribution in [0.5, 0.6) is 0 Å². The number of thioether (sulfide) groups is 1. The molecule has 0 aliphatic rings. The number of hydrogen-bond donors (Lipinski definition) is 1. The van der Waals surface area contributed by atoms with Gasteiger partial charge in [0.05, 0.1) is 0 Å². The lowest BCUT2D eigenvalue weighted by molar-refractivity contribution is 0.872. The standard InChI is InChI=1S/C12H20N2S/c1-3-14(9-10-15-4-2)12-7-5-11(13)6-8-12/h5-8H,3-4,9-10,13H2,1-2H3. The molecule has 0 unspecified atom stereocenters. The van der Waals surface area contributed by atoms with Gasteiger partial charge in [0.25, 0.3) is 0 Å². The predicted molar refractivity (Wildman–Crippen MR) is 71.7 cm³/mol. The van der Waals surface area contributed by atoms with Crippen LogP contribution in [-0.2, 0) is 0 Å². The van der Waals surface area contributed by atoms with Crippen LogP contribution in [0.2, 0.25) is 0 Å². The minimum absolute atomic E-state index is 0.831. The topological polar surface area (TPSA) is 29.3 Å². The molecule has 1 aromatic rings. The van der Waals surface area contributed by atoms with Crippen LogP contribution in [-0.4, -0.2) is 24.6 Å². The van der Waals surface area contributed by atoms with Crippen LogP contribution in [0.25, 0.3) is 0 Å². The minimum Gasteiger partial charge on any atom is -0.399 e. The van der Waals surface area contributed by atoms with Gasteiger partial charge in [0, 0.05) is 30.2 Å². The molecule has 0 aliphatic carbocycles.